The summed E-state index contributed by atoms with van der Waals surface area (Å²) in [5.74, 6) is 0.699. The molecule has 1 N–H and O–H groups in total. The van der Waals surface area contributed by atoms with Gasteiger partial charge in [0.1, 0.15) is 12.4 Å². The molecule has 130 valence electrons. The van der Waals surface area contributed by atoms with Crippen molar-refractivity contribution in [2.75, 3.05) is 13.2 Å². The van der Waals surface area contributed by atoms with Gasteiger partial charge < -0.3 is 10.1 Å². The lowest BCUT2D eigenvalue weighted by atomic mass is 9.93. The Bertz CT molecular complexity index is 728. The molecule has 2 unspecified atom stereocenters. The number of benzene rings is 2. The Balaban J connectivity index is 1.27. The average molecular weight is 336 g/mol. The molecular formula is C21H24N2O2. The third-order valence-corrected chi connectivity index (χ3v) is 5.14. The fraction of sp³-hybridized carbons (Fsp3) is 0.381. The molecule has 2 aliphatic rings. The first-order valence-corrected chi connectivity index (χ1v) is 9.10. The van der Waals surface area contributed by atoms with Gasteiger partial charge in [-0.05, 0) is 36.6 Å². The largest absolute Gasteiger partial charge is 0.492 e. The maximum Gasteiger partial charge on any atom is 0.251 e. The zero-order valence-electron chi connectivity index (χ0n) is 14.4. The van der Waals surface area contributed by atoms with E-state index in [0.29, 0.717) is 24.8 Å². The number of carbonyl (C=O) groups excluding carboxylic acids is 1. The van der Waals surface area contributed by atoms with Crippen molar-refractivity contribution < 1.29 is 9.53 Å². The van der Waals surface area contributed by atoms with Crippen LogP contribution in [0.15, 0.2) is 54.6 Å². The Labute approximate surface area is 148 Å². The smallest absolute Gasteiger partial charge is 0.251 e. The lowest BCUT2D eigenvalue weighted by Crippen LogP contribution is -2.29. The van der Waals surface area contributed by atoms with Gasteiger partial charge in [0.15, 0.2) is 0 Å². The van der Waals surface area contributed by atoms with E-state index in [2.05, 4.69) is 10.2 Å². The van der Waals surface area contributed by atoms with Crippen LogP contribution in [0.25, 0.3) is 0 Å². The zero-order valence-corrected chi connectivity index (χ0v) is 14.4. The summed E-state index contributed by atoms with van der Waals surface area (Å²) >= 11 is 0. The van der Waals surface area contributed by atoms with Crippen LogP contribution in [-0.2, 0) is 6.54 Å². The highest BCUT2D eigenvalue weighted by Gasteiger charge is 2.42. The van der Waals surface area contributed by atoms with Gasteiger partial charge in [0.05, 0.1) is 6.04 Å². The van der Waals surface area contributed by atoms with Crippen LogP contribution >= 0.6 is 0 Å². The van der Waals surface area contributed by atoms with Gasteiger partial charge in [0.2, 0.25) is 0 Å². The fourth-order valence-electron chi connectivity index (χ4n) is 3.31. The molecule has 0 aromatic heterocycles. The highest BCUT2D eigenvalue weighted by molar-refractivity contribution is 5.94. The molecule has 1 heterocycles. The summed E-state index contributed by atoms with van der Waals surface area (Å²) in [5.41, 5.74) is 1.73. The van der Waals surface area contributed by atoms with E-state index in [0.717, 1.165) is 23.9 Å². The highest BCUT2D eigenvalue weighted by Crippen LogP contribution is 2.33. The second-order valence-electron chi connectivity index (χ2n) is 6.94. The van der Waals surface area contributed by atoms with Gasteiger partial charge in [-0.3, -0.25) is 9.69 Å². The summed E-state index contributed by atoms with van der Waals surface area (Å²) in [7, 11) is 0. The van der Waals surface area contributed by atoms with Gasteiger partial charge in [-0.15, -0.1) is 0 Å². The van der Waals surface area contributed by atoms with Crippen molar-refractivity contribution in [3.05, 3.63) is 65.7 Å². The number of amides is 1. The first-order valence-electron chi connectivity index (χ1n) is 9.10. The molecule has 0 radical (unpaired) electrons. The molecule has 0 spiro atoms. The molecule has 2 fully saturated rings. The standard InChI is InChI=1S/C21H24N2O2/c24-21(22-13-16-6-2-1-3-7-16)17-8-4-11-20(12-17)25-15-19-14-23(19)18-9-5-10-18/h1-4,6-8,11-12,18-19H,5,9-10,13-15H2,(H,22,24). The third-order valence-electron chi connectivity index (χ3n) is 5.14. The summed E-state index contributed by atoms with van der Waals surface area (Å²) in [5, 5.41) is 2.95. The molecule has 4 rings (SSSR count). The third kappa shape index (κ3) is 4.02. The van der Waals surface area contributed by atoms with Crippen LogP contribution in [-0.4, -0.2) is 36.0 Å². The van der Waals surface area contributed by atoms with Crippen molar-refractivity contribution >= 4 is 5.91 Å². The average Bonchev–Trinajstić information content (AvgIpc) is 3.36. The highest BCUT2D eigenvalue weighted by atomic mass is 16.5. The normalized spacial score (nSPS) is 22.1. The quantitative estimate of drug-likeness (QED) is 0.789. The number of ether oxygens (including phenoxy) is 1. The molecule has 1 saturated heterocycles. The summed E-state index contributed by atoms with van der Waals surface area (Å²) in [6.07, 6.45) is 4.05. The molecule has 4 heteroatoms. The van der Waals surface area contributed by atoms with Crippen molar-refractivity contribution in [2.45, 2.75) is 37.9 Å². The maximum absolute atomic E-state index is 12.3. The van der Waals surface area contributed by atoms with Crippen LogP contribution in [0.5, 0.6) is 5.75 Å². The monoisotopic (exact) mass is 336 g/mol. The number of rotatable bonds is 7. The Kier molecular flexibility index (Phi) is 4.70. The summed E-state index contributed by atoms with van der Waals surface area (Å²) in [6.45, 7) is 2.40. The molecular weight excluding hydrogens is 312 g/mol. The van der Waals surface area contributed by atoms with Crippen molar-refractivity contribution in [3.8, 4) is 5.75 Å². The van der Waals surface area contributed by atoms with Crippen LogP contribution in [0.3, 0.4) is 0 Å². The molecule has 2 aromatic rings. The Morgan fingerprint density at radius 1 is 1.12 bits per heavy atom. The van der Waals surface area contributed by atoms with E-state index >= 15 is 0 Å². The molecule has 2 atom stereocenters. The van der Waals surface area contributed by atoms with E-state index in [4.69, 9.17) is 4.74 Å². The van der Waals surface area contributed by atoms with Gasteiger partial charge in [-0.2, -0.15) is 0 Å². The summed E-state index contributed by atoms with van der Waals surface area (Å²) < 4.78 is 5.91. The maximum atomic E-state index is 12.3. The van der Waals surface area contributed by atoms with Crippen molar-refractivity contribution in [1.29, 1.82) is 0 Å². The number of hydrogen-bond donors (Lipinski definition) is 1. The minimum absolute atomic E-state index is 0.0724. The van der Waals surface area contributed by atoms with Crippen molar-refractivity contribution in [2.24, 2.45) is 0 Å². The van der Waals surface area contributed by atoms with Crippen LogP contribution in [0.1, 0.15) is 35.2 Å². The van der Waals surface area contributed by atoms with Gasteiger partial charge in [0, 0.05) is 24.7 Å². The molecule has 4 nitrogen and oxygen atoms in total. The molecule has 1 saturated carbocycles. The SMILES string of the molecule is O=C(NCc1ccccc1)c1cccc(OCC2CN2C2CCC2)c1. The number of nitrogens with one attached hydrogen (secondary N) is 1. The summed E-state index contributed by atoms with van der Waals surface area (Å²) in [4.78, 5) is 14.9. The first kappa shape index (κ1) is 16.2. The van der Waals surface area contributed by atoms with E-state index in [9.17, 15) is 4.79 Å². The van der Waals surface area contributed by atoms with Crippen LogP contribution in [0.4, 0.5) is 0 Å². The lowest BCUT2D eigenvalue weighted by Gasteiger charge is -2.27. The molecule has 1 aliphatic carbocycles. The number of carbonyl (C=O) groups is 1. The second-order valence-corrected chi connectivity index (χ2v) is 6.94. The Morgan fingerprint density at radius 2 is 1.96 bits per heavy atom. The Hall–Kier alpha value is -2.33. The predicted octanol–water partition coefficient (Wildman–Crippen LogP) is 3.23. The minimum Gasteiger partial charge on any atom is -0.492 e. The topological polar surface area (TPSA) is 41.3 Å². The molecule has 2 aromatic carbocycles. The van der Waals surface area contributed by atoms with E-state index < -0.39 is 0 Å². The fourth-order valence-corrected chi connectivity index (χ4v) is 3.31. The molecule has 1 aliphatic heterocycles. The zero-order chi connectivity index (χ0) is 17.1. The van der Waals surface area contributed by atoms with E-state index in [-0.39, 0.29) is 5.91 Å². The van der Waals surface area contributed by atoms with E-state index in [1.54, 1.807) is 0 Å². The predicted molar refractivity (Wildman–Crippen MR) is 97.7 cm³/mol. The van der Waals surface area contributed by atoms with Crippen LogP contribution in [0.2, 0.25) is 0 Å². The van der Waals surface area contributed by atoms with Crippen LogP contribution in [0, 0.1) is 0 Å². The van der Waals surface area contributed by atoms with E-state index in [1.165, 1.54) is 19.3 Å². The van der Waals surface area contributed by atoms with Crippen molar-refractivity contribution in [3.63, 3.8) is 0 Å². The number of nitrogens with zero attached hydrogens (tertiary/aromatic N) is 1. The Morgan fingerprint density at radius 3 is 2.72 bits per heavy atom. The van der Waals surface area contributed by atoms with Gasteiger partial charge in [-0.25, -0.2) is 0 Å². The second kappa shape index (κ2) is 7.28. The molecule has 25 heavy (non-hydrogen) atoms. The number of hydrogen-bond acceptors (Lipinski definition) is 3. The van der Waals surface area contributed by atoms with Gasteiger partial charge >= 0.3 is 0 Å². The van der Waals surface area contributed by atoms with Gasteiger partial charge in [0.25, 0.3) is 5.91 Å². The lowest BCUT2D eigenvalue weighted by molar-refractivity contribution is 0.0950. The van der Waals surface area contributed by atoms with E-state index in [1.807, 2.05) is 54.6 Å². The molecule has 1 amide bonds. The van der Waals surface area contributed by atoms with Crippen molar-refractivity contribution in [1.82, 2.24) is 10.2 Å². The summed E-state index contributed by atoms with van der Waals surface area (Å²) in [6, 6.07) is 18.7. The minimum atomic E-state index is -0.0724. The van der Waals surface area contributed by atoms with Gasteiger partial charge in [-0.1, -0.05) is 42.8 Å². The first-order chi connectivity index (χ1) is 12.3. The molecule has 0 bridgehead atoms. The van der Waals surface area contributed by atoms with Crippen LogP contribution < -0.4 is 10.1 Å².